The zero-order valence-electron chi connectivity index (χ0n) is 12.7. The van der Waals surface area contributed by atoms with Crippen molar-refractivity contribution in [2.75, 3.05) is 33.3 Å². The fourth-order valence-corrected chi connectivity index (χ4v) is 2.96. The van der Waals surface area contributed by atoms with Crippen molar-refractivity contribution in [1.29, 1.82) is 5.26 Å². The van der Waals surface area contributed by atoms with Crippen LogP contribution in [0.15, 0.2) is 12.1 Å². The van der Waals surface area contributed by atoms with Crippen molar-refractivity contribution in [2.45, 2.75) is 25.8 Å². The molecule has 1 atom stereocenters. The predicted molar refractivity (Wildman–Crippen MR) is 81.5 cm³/mol. The van der Waals surface area contributed by atoms with Gasteiger partial charge in [0.25, 0.3) is 0 Å². The number of nitrogens with zero attached hydrogens (tertiary/aromatic N) is 2. The van der Waals surface area contributed by atoms with Crippen LogP contribution < -0.4 is 10.1 Å². The summed E-state index contributed by atoms with van der Waals surface area (Å²) in [5, 5.41) is 23.2. The van der Waals surface area contributed by atoms with E-state index < -0.39 is 0 Å². The van der Waals surface area contributed by atoms with Gasteiger partial charge in [-0.1, -0.05) is 13.3 Å². The molecule has 2 N–H and O–H groups in total. The molecule has 0 unspecified atom stereocenters. The number of ether oxygens (including phenoxy) is 1. The summed E-state index contributed by atoms with van der Waals surface area (Å²) in [5.41, 5.74) is 1.24. The maximum Gasteiger partial charge on any atom is 0.163 e. The highest BCUT2D eigenvalue weighted by molar-refractivity contribution is 5.55. The standard InChI is InChI=1S/C16H23N3O2/c1-3-4-13(19-9-7-18-8-10-19)15-12(11-17)5-6-14(21-2)16(15)20/h5-6,13,18,20H,3-4,7-10H2,1-2H3/t13-/m0/s1. The quantitative estimate of drug-likeness (QED) is 0.868. The van der Waals surface area contributed by atoms with Gasteiger partial charge >= 0.3 is 0 Å². The lowest BCUT2D eigenvalue weighted by Gasteiger charge is -2.36. The molecule has 2 rings (SSSR count). The number of rotatable bonds is 5. The summed E-state index contributed by atoms with van der Waals surface area (Å²) in [5.74, 6) is 0.536. The van der Waals surface area contributed by atoms with Crippen LogP contribution in [0.5, 0.6) is 11.5 Å². The molecule has 0 saturated carbocycles. The zero-order chi connectivity index (χ0) is 15.2. The number of nitriles is 1. The van der Waals surface area contributed by atoms with E-state index in [1.54, 1.807) is 12.1 Å². The third kappa shape index (κ3) is 3.29. The molecular formula is C16H23N3O2. The van der Waals surface area contributed by atoms with Crippen LogP contribution in [0, 0.1) is 11.3 Å². The second-order valence-corrected chi connectivity index (χ2v) is 5.28. The van der Waals surface area contributed by atoms with Crippen LogP contribution in [0.3, 0.4) is 0 Å². The summed E-state index contributed by atoms with van der Waals surface area (Å²) >= 11 is 0. The van der Waals surface area contributed by atoms with E-state index in [1.807, 2.05) is 0 Å². The van der Waals surface area contributed by atoms with E-state index in [2.05, 4.69) is 23.2 Å². The van der Waals surface area contributed by atoms with Gasteiger partial charge in [-0.05, 0) is 18.6 Å². The number of aromatic hydroxyl groups is 1. The summed E-state index contributed by atoms with van der Waals surface area (Å²) in [4.78, 5) is 2.34. The van der Waals surface area contributed by atoms with E-state index >= 15 is 0 Å². The second-order valence-electron chi connectivity index (χ2n) is 5.28. The Kier molecular flexibility index (Phi) is 5.43. The number of benzene rings is 1. The van der Waals surface area contributed by atoms with E-state index in [0.29, 0.717) is 16.9 Å². The number of hydrogen-bond acceptors (Lipinski definition) is 5. The highest BCUT2D eigenvalue weighted by Crippen LogP contribution is 2.40. The van der Waals surface area contributed by atoms with Gasteiger partial charge in [-0.3, -0.25) is 4.90 Å². The van der Waals surface area contributed by atoms with Gasteiger partial charge in [0.15, 0.2) is 11.5 Å². The Morgan fingerprint density at radius 1 is 1.43 bits per heavy atom. The molecule has 1 aromatic carbocycles. The van der Waals surface area contributed by atoms with Crippen molar-refractivity contribution in [3.05, 3.63) is 23.3 Å². The Labute approximate surface area is 126 Å². The second kappa shape index (κ2) is 7.30. The third-order valence-electron chi connectivity index (χ3n) is 4.01. The molecule has 1 fully saturated rings. The molecule has 5 heteroatoms. The number of piperazine rings is 1. The van der Waals surface area contributed by atoms with Crippen LogP contribution >= 0.6 is 0 Å². The van der Waals surface area contributed by atoms with Crippen molar-refractivity contribution < 1.29 is 9.84 Å². The minimum atomic E-state index is 0.0573. The minimum Gasteiger partial charge on any atom is -0.504 e. The summed E-state index contributed by atoms with van der Waals surface area (Å²) in [6.45, 7) is 5.84. The Balaban J connectivity index is 2.45. The summed E-state index contributed by atoms with van der Waals surface area (Å²) in [6, 6.07) is 5.65. The molecule has 0 spiro atoms. The van der Waals surface area contributed by atoms with Crippen LogP contribution in [0.4, 0.5) is 0 Å². The van der Waals surface area contributed by atoms with Gasteiger partial charge in [0.1, 0.15) is 0 Å². The van der Waals surface area contributed by atoms with Crippen LogP contribution in [0.1, 0.15) is 36.9 Å². The van der Waals surface area contributed by atoms with Gasteiger partial charge in [0, 0.05) is 37.8 Å². The smallest absolute Gasteiger partial charge is 0.163 e. The van der Waals surface area contributed by atoms with Gasteiger partial charge in [0.05, 0.1) is 18.7 Å². The predicted octanol–water partition coefficient (Wildman–Crippen LogP) is 2.02. The summed E-state index contributed by atoms with van der Waals surface area (Å²) in [6.07, 6.45) is 1.91. The van der Waals surface area contributed by atoms with Crippen molar-refractivity contribution in [3.8, 4) is 17.6 Å². The van der Waals surface area contributed by atoms with Crippen molar-refractivity contribution in [3.63, 3.8) is 0 Å². The maximum atomic E-state index is 10.5. The van der Waals surface area contributed by atoms with Crippen LogP contribution in [0.2, 0.25) is 0 Å². The molecule has 1 saturated heterocycles. The minimum absolute atomic E-state index is 0.0573. The first-order valence-corrected chi connectivity index (χ1v) is 7.47. The summed E-state index contributed by atoms with van der Waals surface area (Å²) < 4.78 is 5.21. The molecule has 0 amide bonds. The van der Waals surface area contributed by atoms with Gasteiger partial charge < -0.3 is 15.2 Å². The van der Waals surface area contributed by atoms with Gasteiger partial charge in [-0.25, -0.2) is 0 Å². The molecule has 0 radical (unpaired) electrons. The van der Waals surface area contributed by atoms with Crippen LogP contribution in [-0.4, -0.2) is 43.3 Å². The molecule has 21 heavy (non-hydrogen) atoms. The van der Waals surface area contributed by atoms with Gasteiger partial charge in [-0.15, -0.1) is 0 Å². The van der Waals surface area contributed by atoms with E-state index in [0.717, 1.165) is 39.0 Å². The molecule has 5 nitrogen and oxygen atoms in total. The number of phenols is 1. The summed E-state index contributed by atoms with van der Waals surface area (Å²) in [7, 11) is 1.53. The molecule has 114 valence electrons. The molecule has 0 aliphatic carbocycles. The van der Waals surface area contributed by atoms with Crippen molar-refractivity contribution in [1.82, 2.24) is 10.2 Å². The first kappa shape index (κ1) is 15.6. The van der Waals surface area contributed by atoms with E-state index in [9.17, 15) is 10.4 Å². The fraction of sp³-hybridized carbons (Fsp3) is 0.562. The first-order chi connectivity index (χ1) is 10.2. The van der Waals surface area contributed by atoms with E-state index in [4.69, 9.17) is 4.74 Å². The van der Waals surface area contributed by atoms with E-state index in [-0.39, 0.29) is 11.8 Å². The Bertz CT molecular complexity index is 519. The molecular weight excluding hydrogens is 266 g/mol. The largest absolute Gasteiger partial charge is 0.504 e. The number of nitrogens with one attached hydrogen (secondary N) is 1. The van der Waals surface area contributed by atoms with Crippen LogP contribution in [-0.2, 0) is 0 Å². The third-order valence-corrected chi connectivity index (χ3v) is 4.01. The Hall–Kier alpha value is -1.77. The lowest BCUT2D eigenvalue weighted by molar-refractivity contribution is 0.161. The molecule has 0 aromatic heterocycles. The van der Waals surface area contributed by atoms with Gasteiger partial charge in [-0.2, -0.15) is 5.26 Å². The van der Waals surface area contributed by atoms with Gasteiger partial charge in [0.2, 0.25) is 0 Å². The average molecular weight is 289 g/mol. The Morgan fingerprint density at radius 3 is 2.71 bits per heavy atom. The first-order valence-electron chi connectivity index (χ1n) is 7.47. The number of phenolic OH excluding ortho intramolecular Hbond substituents is 1. The number of hydrogen-bond donors (Lipinski definition) is 2. The fourth-order valence-electron chi connectivity index (χ4n) is 2.96. The molecule has 1 aliphatic rings. The topological polar surface area (TPSA) is 68.5 Å². The van der Waals surface area contributed by atoms with Crippen molar-refractivity contribution >= 4 is 0 Å². The molecule has 0 bridgehead atoms. The maximum absolute atomic E-state index is 10.5. The lowest BCUT2D eigenvalue weighted by atomic mass is 9.94. The number of methoxy groups -OCH3 is 1. The van der Waals surface area contributed by atoms with Crippen molar-refractivity contribution in [2.24, 2.45) is 0 Å². The highest BCUT2D eigenvalue weighted by atomic mass is 16.5. The highest BCUT2D eigenvalue weighted by Gasteiger charge is 2.27. The zero-order valence-corrected chi connectivity index (χ0v) is 12.7. The normalized spacial score (nSPS) is 17.2. The molecule has 1 aromatic rings. The van der Waals surface area contributed by atoms with E-state index in [1.165, 1.54) is 7.11 Å². The molecule has 1 heterocycles. The SMILES string of the molecule is CCC[C@@H](c1c(C#N)ccc(OC)c1O)N1CCNCC1. The average Bonchev–Trinajstić information content (AvgIpc) is 2.53. The monoisotopic (exact) mass is 289 g/mol. The van der Waals surface area contributed by atoms with Crippen LogP contribution in [0.25, 0.3) is 0 Å². The Morgan fingerprint density at radius 2 is 2.14 bits per heavy atom. The lowest BCUT2D eigenvalue weighted by Crippen LogP contribution is -2.45. The molecule has 1 aliphatic heterocycles.